The molecule has 0 saturated carbocycles. The lowest BCUT2D eigenvalue weighted by atomic mass is 10.0. The molecule has 126 valence electrons. The number of carbonyl (C=O) groups excluding carboxylic acids is 1. The first kappa shape index (κ1) is 16.3. The minimum absolute atomic E-state index is 0.124. The Hall–Kier alpha value is -2.54. The minimum atomic E-state index is -0.304. The Balaban J connectivity index is 2.03. The second kappa shape index (κ2) is 6.92. The quantitative estimate of drug-likeness (QED) is 0.812. The highest BCUT2D eigenvalue weighted by molar-refractivity contribution is 6.32. The van der Waals surface area contributed by atoms with E-state index in [-0.39, 0.29) is 18.4 Å². The Bertz CT molecular complexity index is 775. The lowest BCUT2D eigenvalue weighted by molar-refractivity contribution is -0.117. The third kappa shape index (κ3) is 3.07. The number of nitrogens with zero attached hydrogens (tertiary/aromatic N) is 3. The number of anilines is 1. The van der Waals surface area contributed by atoms with Crippen LogP contribution in [0.2, 0.25) is 5.02 Å². The topological polar surface area (TPSA) is 78.3 Å². The van der Waals surface area contributed by atoms with Gasteiger partial charge in [-0.15, -0.1) is 0 Å². The summed E-state index contributed by atoms with van der Waals surface area (Å²) in [6, 6.07) is 3.28. The zero-order chi connectivity index (χ0) is 17.1. The standard InChI is InChI=1S/C16H17ClN4O3/c1-3-5-24-15-11(17)6-10(7-13(15)23-4-2)12-8-14(22)20-16-18-9-19-21(12)16/h3,6-7,9,12H,1,4-5,8H2,2H3,(H,18,19,20,22)/t12-/m1/s1. The number of halogens is 1. The highest BCUT2D eigenvalue weighted by Crippen LogP contribution is 2.40. The van der Waals surface area contributed by atoms with Crippen molar-refractivity contribution in [1.82, 2.24) is 14.8 Å². The van der Waals surface area contributed by atoms with Gasteiger partial charge in [-0.2, -0.15) is 10.1 Å². The maximum absolute atomic E-state index is 11.9. The van der Waals surface area contributed by atoms with Crippen molar-refractivity contribution in [2.45, 2.75) is 19.4 Å². The van der Waals surface area contributed by atoms with Crippen LogP contribution < -0.4 is 14.8 Å². The second-order valence-corrected chi connectivity index (χ2v) is 5.57. The number of ether oxygens (including phenoxy) is 2. The highest BCUT2D eigenvalue weighted by Gasteiger charge is 2.29. The maximum atomic E-state index is 11.9. The number of benzene rings is 1. The Kier molecular flexibility index (Phi) is 4.71. The number of rotatable bonds is 6. The van der Waals surface area contributed by atoms with Gasteiger partial charge in [0.2, 0.25) is 11.9 Å². The van der Waals surface area contributed by atoms with Gasteiger partial charge in [-0.3, -0.25) is 10.1 Å². The van der Waals surface area contributed by atoms with E-state index in [1.165, 1.54) is 6.33 Å². The van der Waals surface area contributed by atoms with Crippen molar-refractivity contribution < 1.29 is 14.3 Å². The molecule has 0 fully saturated rings. The number of hydrogen-bond acceptors (Lipinski definition) is 5. The molecular weight excluding hydrogens is 332 g/mol. The van der Waals surface area contributed by atoms with Gasteiger partial charge in [-0.25, -0.2) is 4.68 Å². The monoisotopic (exact) mass is 348 g/mol. The van der Waals surface area contributed by atoms with Crippen molar-refractivity contribution in [3.63, 3.8) is 0 Å². The number of fused-ring (bicyclic) bond motifs is 1. The van der Waals surface area contributed by atoms with Crippen LogP contribution in [-0.2, 0) is 4.79 Å². The van der Waals surface area contributed by atoms with Crippen molar-refractivity contribution in [1.29, 1.82) is 0 Å². The number of hydrogen-bond donors (Lipinski definition) is 1. The molecule has 2 aromatic rings. The van der Waals surface area contributed by atoms with Gasteiger partial charge in [0.1, 0.15) is 12.9 Å². The normalized spacial score (nSPS) is 16.2. The average molecular weight is 349 g/mol. The van der Waals surface area contributed by atoms with Crippen molar-refractivity contribution in [2.24, 2.45) is 0 Å². The summed E-state index contributed by atoms with van der Waals surface area (Å²) in [5.74, 6) is 1.27. The van der Waals surface area contributed by atoms with Gasteiger partial charge in [0.25, 0.3) is 0 Å². The van der Waals surface area contributed by atoms with E-state index >= 15 is 0 Å². The highest BCUT2D eigenvalue weighted by atomic mass is 35.5. The summed E-state index contributed by atoms with van der Waals surface area (Å²) in [6.45, 7) is 6.28. The number of amides is 1. The van der Waals surface area contributed by atoms with E-state index in [4.69, 9.17) is 21.1 Å². The molecule has 24 heavy (non-hydrogen) atoms. The molecule has 1 aliphatic rings. The molecule has 3 rings (SSSR count). The van der Waals surface area contributed by atoms with Crippen LogP contribution >= 0.6 is 11.6 Å². The molecule has 7 nitrogen and oxygen atoms in total. The molecule has 0 spiro atoms. The van der Waals surface area contributed by atoms with Crippen LogP contribution in [-0.4, -0.2) is 33.9 Å². The van der Waals surface area contributed by atoms with Gasteiger partial charge < -0.3 is 9.47 Å². The van der Waals surface area contributed by atoms with E-state index in [0.29, 0.717) is 35.7 Å². The third-order valence-corrected chi connectivity index (χ3v) is 3.84. The van der Waals surface area contributed by atoms with Crippen LogP contribution in [0.15, 0.2) is 31.1 Å². The van der Waals surface area contributed by atoms with Crippen molar-refractivity contribution >= 4 is 23.5 Å². The van der Waals surface area contributed by atoms with Gasteiger partial charge in [0.15, 0.2) is 11.5 Å². The largest absolute Gasteiger partial charge is 0.490 e. The Morgan fingerprint density at radius 2 is 2.33 bits per heavy atom. The van der Waals surface area contributed by atoms with Gasteiger partial charge in [0.05, 0.1) is 24.1 Å². The fourth-order valence-electron chi connectivity index (χ4n) is 2.59. The van der Waals surface area contributed by atoms with Crippen molar-refractivity contribution in [2.75, 3.05) is 18.5 Å². The predicted molar refractivity (Wildman–Crippen MR) is 89.7 cm³/mol. The summed E-state index contributed by atoms with van der Waals surface area (Å²) in [4.78, 5) is 16.0. The molecule has 1 atom stereocenters. The predicted octanol–water partition coefficient (Wildman–Crippen LogP) is 2.83. The molecule has 1 amide bonds. The molecule has 0 aliphatic carbocycles. The number of carbonyl (C=O) groups is 1. The van der Waals surface area contributed by atoms with Gasteiger partial charge in [-0.05, 0) is 24.6 Å². The summed E-state index contributed by atoms with van der Waals surface area (Å²) in [5.41, 5.74) is 0.802. The van der Waals surface area contributed by atoms with E-state index in [0.717, 1.165) is 5.56 Å². The second-order valence-electron chi connectivity index (χ2n) is 5.16. The van der Waals surface area contributed by atoms with Gasteiger partial charge in [-0.1, -0.05) is 24.3 Å². The molecular formula is C16H17ClN4O3. The fraction of sp³-hybridized carbons (Fsp3) is 0.312. The van der Waals surface area contributed by atoms with E-state index in [1.807, 2.05) is 13.0 Å². The van der Waals surface area contributed by atoms with Crippen LogP contribution in [0.1, 0.15) is 24.9 Å². The average Bonchev–Trinajstić information content (AvgIpc) is 3.01. The van der Waals surface area contributed by atoms with Crippen LogP contribution in [0, 0.1) is 0 Å². The van der Waals surface area contributed by atoms with Crippen LogP contribution in [0.5, 0.6) is 11.5 Å². The molecule has 0 saturated heterocycles. The molecule has 0 bridgehead atoms. The molecule has 0 radical (unpaired) electrons. The van der Waals surface area contributed by atoms with Crippen LogP contribution in [0.3, 0.4) is 0 Å². The summed E-state index contributed by atoms with van der Waals surface area (Å²) in [7, 11) is 0. The van der Waals surface area contributed by atoms with Gasteiger partial charge in [0, 0.05) is 0 Å². The first-order chi connectivity index (χ1) is 11.6. The van der Waals surface area contributed by atoms with E-state index < -0.39 is 0 Å². The summed E-state index contributed by atoms with van der Waals surface area (Å²) >= 11 is 6.38. The molecule has 1 aliphatic heterocycles. The molecule has 1 aromatic heterocycles. The first-order valence-electron chi connectivity index (χ1n) is 7.53. The van der Waals surface area contributed by atoms with Crippen LogP contribution in [0.25, 0.3) is 0 Å². The minimum Gasteiger partial charge on any atom is -0.490 e. The fourth-order valence-corrected chi connectivity index (χ4v) is 2.86. The van der Waals surface area contributed by atoms with E-state index in [9.17, 15) is 4.79 Å². The number of nitrogens with one attached hydrogen (secondary N) is 1. The zero-order valence-electron chi connectivity index (χ0n) is 13.2. The molecule has 8 heteroatoms. The molecule has 2 heterocycles. The lowest BCUT2D eigenvalue weighted by Crippen LogP contribution is -2.29. The smallest absolute Gasteiger partial charge is 0.229 e. The van der Waals surface area contributed by atoms with Gasteiger partial charge >= 0.3 is 0 Å². The van der Waals surface area contributed by atoms with Crippen molar-refractivity contribution in [3.05, 3.63) is 41.7 Å². The number of aromatic nitrogens is 3. The van der Waals surface area contributed by atoms with E-state index in [2.05, 4.69) is 22.0 Å². The summed E-state index contributed by atoms with van der Waals surface area (Å²) in [5, 5.41) is 7.28. The maximum Gasteiger partial charge on any atom is 0.229 e. The third-order valence-electron chi connectivity index (χ3n) is 3.56. The Morgan fingerprint density at radius 3 is 3.08 bits per heavy atom. The summed E-state index contributed by atoms with van der Waals surface area (Å²) < 4.78 is 12.9. The Labute approximate surface area is 144 Å². The van der Waals surface area contributed by atoms with Crippen molar-refractivity contribution in [3.8, 4) is 11.5 Å². The molecule has 0 unspecified atom stereocenters. The SMILES string of the molecule is C=CCOc1c(Cl)cc([C@H]2CC(=O)Nc3ncnn32)cc1OCC. The molecule has 1 aromatic carbocycles. The molecule has 1 N–H and O–H groups in total. The lowest BCUT2D eigenvalue weighted by Gasteiger charge is -2.25. The Morgan fingerprint density at radius 1 is 1.50 bits per heavy atom. The van der Waals surface area contributed by atoms with E-state index in [1.54, 1.807) is 16.8 Å². The first-order valence-corrected chi connectivity index (χ1v) is 7.91. The summed E-state index contributed by atoms with van der Waals surface area (Å²) in [6.07, 6.45) is 3.28. The zero-order valence-corrected chi connectivity index (χ0v) is 13.9. The van der Waals surface area contributed by atoms with Crippen LogP contribution in [0.4, 0.5) is 5.95 Å².